The van der Waals surface area contributed by atoms with Crippen molar-refractivity contribution in [1.82, 2.24) is 14.5 Å². The largest absolute Gasteiger partial charge is 0.350 e. The highest BCUT2D eigenvalue weighted by Crippen LogP contribution is 2.22. The fourth-order valence-electron chi connectivity index (χ4n) is 4.61. The summed E-state index contributed by atoms with van der Waals surface area (Å²) in [5.41, 5.74) is 2.38. The van der Waals surface area contributed by atoms with Crippen LogP contribution in [0.15, 0.2) is 77.7 Å². The highest BCUT2D eigenvalue weighted by atomic mass is 35.5. The van der Waals surface area contributed by atoms with Crippen molar-refractivity contribution in [2.24, 2.45) is 0 Å². The average Bonchev–Trinajstić information content (AvgIpc) is 3.51. The van der Waals surface area contributed by atoms with Crippen LogP contribution in [-0.4, -0.2) is 48.6 Å². The van der Waals surface area contributed by atoms with Gasteiger partial charge in [-0.25, -0.2) is 12.8 Å². The maximum Gasteiger partial charge on any atom is 0.243 e. The van der Waals surface area contributed by atoms with Gasteiger partial charge >= 0.3 is 0 Å². The summed E-state index contributed by atoms with van der Waals surface area (Å²) >= 11 is 5.93. The molecule has 4 rings (SSSR count). The van der Waals surface area contributed by atoms with Gasteiger partial charge in [0, 0.05) is 37.6 Å². The maximum atomic E-state index is 13.5. The fourth-order valence-corrected chi connectivity index (χ4v) is 6.25. The second-order valence-corrected chi connectivity index (χ2v) is 12.3. The van der Waals surface area contributed by atoms with Crippen LogP contribution in [0.2, 0.25) is 5.02 Å². The molecule has 7 nitrogen and oxygen atoms in total. The molecule has 3 aromatic carbocycles. The van der Waals surface area contributed by atoms with Crippen molar-refractivity contribution in [3.05, 3.63) is 100 Å². The van der Waals surface area contributed by atoms with Crippen molar-refractivity contribution in [1.29, 1.82) is 0 Å². The van der Waals surface area contributed by atoms with E-state index < -0.39 is 16.1 Å². The molecule has 0 aromatic heterocycles. The van der Waals surface area contributed by atoms with Gasteiger partial charge in [-0.1, -0.05) is 48.0 Å². The Morgan fingerprint density at radius 3 is 2.12 bits per heavy atom. The summed E-state index contributed by atoms with van der Waals surface area (Å²) in [6, 6.07) is 18.8. The third-order valence-electron chi connectivity index (χ3n) is 7.07. The summed E-state index contributed by atoms with van der Waals surface area (Å²) in [5.74, 6) is -0.945. The average molecular weight is 586 g/mol. The van der Waals surface area contributed by atoms with Crippen molar-refractivity contribution in [2.45, 2.75) is 56.6 Å². The molecule has 1 heterocycles. The van der Waals surface area contributed by atoms with E-state index in [-0.39, 0.29) is 42.0 Å². The molecule has 0 radical (unpaired) electrons. The van der Waals surface area contributed by atoms with E-state index in [1.807, 2.05) is 12.1 Å². The first-order chi connectivity index (χ1) is 19.1. The molecule has 1 N–H and O–H groups in total. The summed E-state index contributed by atoms with van der Waals surface area (Å²) in [5, 5.41) is 3.47. The van der Waals surface area contributed by atoms with Crippen LogP contribution in [0.5, 0.6) is 0 Å². The Labute approximate surface area is 240 Å². The summed E-state index contributed by atoms with van der Waals surface area (Å²) in [4.78, 5) is 28.2. The van der Waals surface area contributed by atoms with Crippen molar-refractivity contribution >= 4 is 33.4 Å². The molecule has 1 fully saturated rings. The standard InChI is InChI=1S/C30H33ClFN3O4S/c1-22(30(37)33-20-24-4-11-26(31)12-5-24)35(21-25-6-13-27(32)14-7-25)29(36)17-10-23-8-15-28(16-9-23)40(38,39)34-18-2-3-19-34/h4-9,11-16,22H,2-3,10,17-21H2,1H3,(H,33,37)/t22-/m0/s1. The molecule has 1 aliphatic rings. The second-order valence-electron chi connectivity index (χ2n) is 9.92. The first-order valence-corrected chi connectivity index (χ1v) is 15.1. The predicted molar refractivity (Wildman–Crippen MR) is 152 cm³/mol. The van der Waals surface area contributed by atoms with Gasteiger partial charge in [0.05, 0.1) is 4.90 Å². The molecule has 1 saturated heterocycles. The molecule has 0 unspecified atom stereocenters. The molecule has 0 aliphatic carbocycles. The van der Waals surface area contributed by atoms with E-state index in [2.05, 4.69) is 5.32 Å². The minimum absolute atomic E-state index is 0.119. The Hall–Kier alpha value is -3.27. The van der Waals surface area contributed by atoms with Crippen molar-refractivity contribution in [3.63, 3.8) is 0 Å². The maximum absolute atomic E-state index is 13.5. The van der Waals surface area contributed by atoms with E-state index in [0.29, 0.717) is 30.1 Å². The van der Waals surface area contributed by atoms with Crippen LogP contribution in [0.25, 0.3) is 0 Å². The Kier molecular flexibility index (Phi) is 9.95. The molecule has 212 valence electrons. The van der Waals surface area contributed by atoms with Crippen LogP contribution in [-0.2, 0) is 39.1 Å². The number of hydrogen-bond donors (Lipinski definition) is 1. The number of hydrogen-bond acceptors (Lipinski definition) is 4. The number of halogens is 2. The van der Waals surface area contributed by atoms with Gasteiger partial charge in [0.1, 0.15) is 11.9 Å². The third kappa shape index (κ3) is 7.68. The van der Waals surface area contributed by atoms with Crippen LogP contribution >= 0.6 is 11.6 Å². The smallest absolute Gasteiger partial charge is 0.243 e. The number of benzene rings is 3. The normalized spacial score (nSPS) is 14.6. The van der Waals surface area contributed by atoms with Gasteiger partial charge in [-0.3, -0.25) is 9.59 Å². The lowest BCUT2D eigenvalue weighted by Gasteiger charge is -2.29. The molecule has 40 heavy (non-hydrogen) atoms. The molecule has 1 aliphatic heterocycles. The van der Waals surface area contributed by atoms with Gasteiger partial charge in [0.15, 0.2) is 0 Å². The molecular weight excluding hydrogens is 553 g/mol. The Morgan fingerprint density at radius 1 is 0.925 bits per heavy atom. The summed E-state index contributed by atoms with van der Waals surface area (Å²) in [6.07, 6.45) is 2.23. The Morgan fingerprint density at radius 2 is 1.50 bits per heavy atom. The first-order valence-electron chi connectivity index (χ1n) is 13.3. The van der Waals surface area contributed by atoms with Crippen LogP contribution in [0.3, 0.4) is 0 Å². The molecule has 0 saturated carbocycles. The number of nitrogens with one attached hydrogen (secondary N) is 1. The van der Waals surface area contributed by atoms with E-state index >= 15 is 0 Å². The minimum Gasteiger partial charge on any atom is -0.350 e. The second kappa shape index (κ2) is 13.4. The summed E-state index contributed by atoms with van der Waals surface area (Å²) < 4.78 is 40.5. The van der Waals surface area contributed by atoms with E-state index in [9.17, 15) is 22.4 Å². The number of sulfonamides is 1. The fraction of sp³-hybridized carbons (Fsp3) is 0.333. The van der Waals surface area contributed by atoms with Crippen molar-refractivity contribution in [3.8, 4) is 0 Å². The van der Waals surface area contributed by atoms with Crippen molar-refractivity contribution in [2.75, 3.05) is 13.1 Å². The van der Waals surface area contributed by atoms with E-state index in [1.165, 1.54) is 21.3 Å². The first kappa shape index (κ1) is 29.7. The number of rotatable bonds is 11. The lowest BCUT2D eigenvalue weighted by atomic mass is 10.1. The van der Waals surface area contributed by atoms with Gasteiger partial charge in [0.2, 0.25) is 21.8 Å². The number of amides is 2. The predicted octanol–water partition coefficient (Wildman–Crippen LogP) is 4.93. The monoisotopic (exact) mass is 585 g/mol. The summed E-state index contributed by atoms with van der Waals surface area (Å²) in [7, 11) is -3.51. The lowest BCUT2D eigenvalue weighted by molar-refractivity contribution is -0.140. The molecule has 10 heteroatoms. The van der Waals surface area contributed by atoms with Gasteiger partial charge in [0.25, 0.3) is 0 Å². The summed E-state index contributed by atoms with van der Waals surface area (Å²) in [6.45, 7) is 3.16. The van der Waals surface area contributed by atoms with E-state index in [1.54, 1.807) is 55.5 Å². The lowest BCUT2D eigenvalue weighted by Crippen LogP contribution is -2.47. The molecular formula is C30H33ClFN3O4S. The van der Waals surface area contributed by atoms with E-state index in [4.69, 9.17) is 11.6 Å². The Bertz CT molecular complexity index is 1410. The van der Waals surface area contributed by atoms with Crippen molar-refractivity contribution < 1.29 is 22.4 Å². The SMILES string of the molecule is C[C@@H](C(=O)NCc1ccc(Cl)cc1)N(Cc1ccc(F)cc1)C(=O)CCc1ccc(S(=O)(=O)N2CCCC2)cc1. The van der Waals surface area contributed by atoms with Gasteiger partial charge in [-0.2, -0.15) is 4.31 Å². The number of carbonyl (C=O) groups is 2. The molecule has 0 spiro atoms. The topological polar surface area (TPSA) is 86.8 Å². The number of nitrogens with zero attached hydrogens (tertiary/aromatic N) is 2. The Balaban J connectivity index is 1.42. The highest BCUT2D eigenvalue weighted by molar-refractivity contribution is 7.89. The van der Waals surface area contributed by atoms with Crippen LogP contribution in [0, 0.1) is 5.82 Å². The third-order valence-corrected chi connectivity index (χ3v) is 9.23. The zero-order chi connectivity index (χ0) is 28.7. The zero-order valence-electron chi connectivity index (χ0n) is 22.4. The van der Waals surface area contributed by atoms with Gasteiger partial charge in [-0.05, 0) is 79.3 Å². The molecule has 1 atom stereocenters. The highest BCUT2D eigenvalue weighted by Gasteiger charge is 2.28. The number of aryl methyl sites for hydroxylation is 1. The van der Waals surface area contributed by atoms with E-state index in [0.717, 1.165) is 24.0 Å². The molecule has 2 amide bonds. The number of carbonyl (C=O) groups excluding carboxylic acids is 2. The minimum atomic E-state index is -3.51. The van der Waals surface area contributed by atoms with Gasteiger partial charge in [-0.15, -0.1) is 0 Å². The van der Waals surface area contributed by atoms with Crippen LogP contribution in [0.1, 0.15) is 42.9 Å². The quantitative estimate of drug-likeness (QED) is 0.346. The van der Waals surface area contributed by atoms with Crippen LogP contribution < -0.4 is 5.32 Å². The van der Waals surface area contributed by atoms with Crippen LogP contribution in [0.4, 0.5) is 4.39 Å². The van der Waals surface area contributed by atoms with Gasteiger partial charge < -0.3 is 10.2 Å². The molecule has 0 bridgehead atoms. The molecule has 3 aromatic rings. The zero-order valence-corrected chi connectivity index (χ0v) is 23.9.